The lowest BCUT2D eigenvalue weighted by Crippen LogP contribution is -2.12. The Hall–Kier alpha value is -1.77. The molecular weight excluding hydrogens is 178 g/mol. The average Bonchev–Trinajstić information content (AvgIpc) is 2.16. The summed E-state index contributed by atoms with van der Waals surface area (Å²) in [4.78, 5) is 11.4. The summed E-state index contributed by atoms with van der Waals surface area (Å²) in [6.45, 7) is 3.54. The fourth-order valence-corrected chi connectivity index (χ4v) is 0.944. The highest BCUT2D eigenvalue weighted by Gasteiger charge is 2.03. The molecule has 3 nitrogen and oxygen atoms in total. The summed E-state index contributed by atoms with van der Waals surface area (Å²) in [5.74, 6) is -0.0148. The maximum Gasteiger partial charge on any atom is 0.250 e. The molecule has 2 N–H and O–H groups in total. The first-order chi connectivity index (χ1) is 6.63. The number of hydrogen-bond acceptors (Lipinski definition) is 2. The summed E-state index contributed by atoms with van der Waals surface area (Å²) < 4.78 is 0. The first-order valence-corrected chi connectivity index (χ1v) is 4.37. The highest BCUT2D eigenvalue weighted by atomic mass is 16.3. The van der Waals surface area contributed by atoms with Crippen LogP contribution in [0.5, 0.6) is 5.75 Å². The molecule has 0 saturated heterocycles. The molecule has 1 amide bonds. The van der Waals surface area contributed by atoms with Gasteiger partial charge < -0.3 is 10.4 Å². The number of hydrogen-bond donors (Lipinski definition) is 2. The number of aromatic hydroxyl groups is 1. The molecule has 0 spiro atoms. The number of carbonyl (C=O) groups excluding carboxylic acids is 1. The van der Waals surface area contributed by atoms with Gasteiger partial charge in [-0.3, -0.25) is 4.79 Å². The van der Waals surface area contributed by atoms with Gasteiger partial charge in [-0.2, -0.15) is 0 Å². The average molecular weight is 191 g/mol. The van der Waals surface area contributed by atoms with Crippen LogP contribution in [0, 0.1) is 0 Å². The minimum absolute atomic E-state index is 0.140. The smallest absolute Gasteiger partial charge is 0.250 e. The number of anilines is 1. The Balaban J connectivity index is 2.75. The monoisotopic (exact) mass is 191 g/mol. The van der Waals surface area contributed by atoms with Gasteiger partial charge in [0.05, 0.1) is 0 Å². The van der Waals surface area contributed by atoms with Crippen LogP contribution >= 0.6 is 0 Å². The number of amides is 1. The van der Waals surface area contributed by atoms with Crippen LogP contribution in [0.15, 0.2) is 35.9 Å². The molecule has 0 atom stereocenters. The Labute approximate surface area is 83.1 Å². The van der Waals surface area contributed by atoms with Crippen molar-refractivity contribution >= 4 is 11.6 Å². The van der Waals surface area contributed by atoms with Gasteiger partial charge in [0.15, 0.2) is 0 Å². The molecule has 0 aromatic heterocycles. The van der Waals surface area contributed by atoms with Crippen molar-refractivity contribution in [3.8, 4) is 5.75 Å². The Morgan fingerprint density at radius 3 is 2.79 bits per heavy atom. The fourth-order valence-electron chi connectivity index (χ4n) is 0.944. The van der Waals surface area contributed by atoms with E-state index in [2.05, 4.69) is 5.32 Å². The molecule has 0 heterocycles. The molecule has 1 aromatic rings. The van der Waals surface area contributed by atoms with Crippen LogP contribution in [0.2, 0.25) is 0 Å². The maximum absolute atomic E-state index is 11.4. The lowest BCUT2D eigenvalue weighted by molar-refractivity contribution is -0.112. The standard InChI is InChI=1S/C11H13NO2/c1-3-8(2)11(14)12-9-5-4-6-10(13)7-9/h3-7,13H,1-2H3,(H,12,14). The van der Waals surface area contributed by atoms with Gasteiger partial charge in [-0.15, -0.1) is 0 Å². The van der Waals surface area contributed by atoms with Gasteiger partial charge in [0.1, 0.15) is 5.75 Å². The first kappa shape index (κ1) is 10.3. The van der Waals surface area contributed by atoms with Crippen molar-refractivity contribution < 1.29 is 9.90 Å². The summed E-state index contributed by atoms with van der Waals surface area (Å²) in [7, 11) is 0. The van der Waals surface area contributed by atoms with Crippen LogP contribution in [0.1, 0.15) is 13.8 Å². The van der Waals surface area contributed by atoms with Crippen molar-refractivity contribution in [2.45, 2.75) is 13.8 Å². The van der Waals surface area contributed by atoms with Crippen molar-refractivity contribution in [3.63, 3.8) is 0 Å². The molecule has 0 aliphatic rings. The third-order valence-electron chi connectivity index (χ3n) is 1.90. The van der Waals surface area contributed by atoms with E-state index in [4.69, 9.17) is 5.11 Å². The van der Waals surface area contributed by atoms with E-state index in [1.54, 1.807) is 38.1 Å². The van der Waals surface area contributed by atoms with Crippen LogP contribution < -0.4 is 5.32 Å². The predicted molar refractivity (Wildman–Crippen MR) is 56.2 cm³/mol. The molecule has 0 aliphatic heterocycles. The second-order valence-electron chi connectivity index (χ2n) is 2.98. The SMILES string of the molecule is CC=C(C)C(=O)Nc1cccc(O)c1. The number of benzene rings is 1. The van der Waals surface area contributed by atoms with Crippen molar-refractivity contribution in [1.29, 1.82) is 0 Å². The molecule has 74 valence electrons. The van der Waals surface area contributed by atoms with Gasteiger partial charge in [-0.1, -0.05) is 12.1 Å². The zero-order valence-corrected chi connectivity index (χ0v) is 8.24. The van der Waals surface area contributed by atoms with E-state index in [0.29, 0.717) is 11.3 Å². The zero-order chi connectivity index (χ0) is 10.6. The lowest BCUT2D eigenvalue weighted by atomic mass is 10.2. The van der Waals surface area contributed by atoms with Crippen LogP contribution in [0.25, 0.3) is 0 Å². The van der Waals surface area contributed by atoms with Crippen LogP contribution in [0.3, 0.4) is 0 Å². The Bertz CT molecular complexity index is 369. The highest BCUT2D eigenvalue weighted by molar-refractivity contribution is 6.03. The Morgan fingerprint density at radius 2 is 2.21 bits per heavy atom. The number of nitrogens with one attached hydrogen (secondary N) is 1. The molecule has 0 bridgehead atoms. The van der Waals surface area contributed by atoms with Crippen molar-refractivity contribution in [3.05, 3.63) is 35.9 Å². The van der Waals surface area contributed by atoms with E-state index in [9.17, 15) is 4.79 Å². The number of allylic oxidation sites excluding steroid dienone is 1. The fraction of sp³-hybridized carbons (Fsp3) is 0.182. The minimum atomic E-state index is -0.155. The normalized spacial score (nSPS) is 11.1. The summed E-state index contributed by atoms with van der Waals surface area (Å²) in [6, 6.07) is 6.45. The topological polar surface area (TPSA) is 49.3 Å². The highest BCUT2D eigenvalue weighted by Crippen LogP contribution is 2.15. The summed E-state index contributed by atoms with van der Waals surface area (Å²) in [6.07, 6.45) is 1.73. The predicted octanol–water partition coefficient (Wildman–Crippen LogP) is 2.30. The summed E-state index contributed by atoms with van der Waals surface area (Å²) in [5, 5.41) is 11.8. The van der Waals surface area contributed by atoms with Gasteiger partial charge in [0.25, 0.3) is 5.91 Å². The molecule has 3 heteroatoms. The number of phenols is 1. The van der Waals surface area contributed by atoms with E-state index >= 15 is 0 Å². The molecule has 0 aliphatic carbocycles. The van der Waals surface area contributed by atoms with E-state index in [-0.39, 0.29) is 11.7 Å². The van der Waals surface area contributed by atoms with Crippen LogP contribution in [-0.4, -0.2) is 11.0 Å². The molecule has 1 rings (SSSR count). The maximum atomic E-state index is 11.4. The summed E-state index contributed by atoms with van der Waals surface area (Å²) >= 11 is 0. The molecule has 0 unspecified atom stereocenters. The number of rotatable bonds is 2. The third-order valence-corrected chi connectivity index (χ3v) is 1.90. The Morgan fingerprint density at radius 1 is 1.50 bits per heavy atom. The van der Waals surface area contributed by atoms with Gasteiger partial charge in [0.2, 0.25) is 0 Å². The van der Waals surface area contributed by atoms with E-state index < -0.39 is 0 Å². The van der Waals surface area contributed by atoms with Gasteiger partial charge in [-0.05, 0) is 26.0 Å². The zero-order valence-electron chi connectivity index (χ0n) is 8.24. The van der Waals surface area contributed by atoms with Gasteiger partial charge >= 0.3 is 0 Å². The van der Waals surface area contributed by atoms with E-state index in [0.717, 1.165) is 0 Å². The minimum Gasteiger partial charge on any atom is -0.508 e. The molecule has 1 aromatic carbocycles. The molecular formula is C11H13NO2. The number of carbonyl (C=O) groups is 1. The quantitative estimate of drug-likeness (QED) is 0.704. The second-order valence-corrected chi connectivity index (χ2v) is 2.98. The lowest BCUT2D eigenvalue weighted by Gasteiger charge is -2.04. The van der Waals surface area contributed by atoms with Crippen LogP contribution in [-0.2, 0) is 4.79 Å². The largest absolute Gasteiger partial charge is 0.508 e. The second kappa shape index (κ2) is 4.46. The number of phenolic OH excluding ortho intramolecular Hbond substituents is 1. The van der Waals surface area contributed by atoms with E-state index in [1.165, 1.54) is 6.07 Å². The van der Waals surface area contributed by atoms with Crippen LogP contribution in [0.4, 0.5) is 5.69 Å². The van der Waals surface area contributed by atoms with E-state index in [1.807, 2.05) is 0 Å². The van der Waals surface area contributed by atoms with Crippen molar-refractivity contribution in [1.82, 2.24) is 0 Å². The van der Waals surface area contributed by atoms with Crippen molar-refractivity contribution in [2.75, 3.05) is 5.32 Å². The third kappa shape index (κ3) is 2.62. The Kier molecular flexibility index (Phi) is 3.29. The van der Waals surface area contributed by atoms with Gasteiger partial charge in [-0.25, -0.2) is 0 Å². The molecule has 0 radical (unpaired) electrons. The van der Waals surface area contributed by atoms with Gasteiger partial charge in [0, 0.05) is 17.3 Å². The first-order valence-electron chi connectivity index (χ1n) is 4.37. The summed E-state index contributed by atoms with van der Waals surface area (Å²) in [5.41, 5.74) is 1.24. The molecule has 0 saturated carbocycles. The molecule has 0 fully saturated rings. The molecule has 14 heavy (non-hydrogen) atoms. The van der Waals surface area contributed by atoms with Crippen molar-refractivity contribution in [2.24, 2.45) is 0 Å².